The van der Waals surface area contributed by atoms with Crippen LogP contribution in [0.1, 0.15) is 22.1 Å². The number of aryl methyl sites for hydroxylation is 2. The second-order valence-electron chi connectivity index (χ2n) is 5.24. The van der Waals surface area contributed by atoms with Crippen LogP contribution in [0.3, 0.4) is 0 Å². The molecule has 0 spiro atoms. The maximum absolute atomic E-state index is 12.0. The van der Waals surface area contributed by atoms with E-state index in [9.17, 15) is 4.79 Å². The van der Waals surface area contributed by atoms with E-state index in [0.29, 0.717) is 13.2 Å². The van der Waals surface area contributed by atoms with E-state index in [4.69, 9.17) is 16.3 Å². The van der Waals surface area contributed by atoms with Gasteiger partial charge in [-0.3, -0.25) is 4.79 Å². The van der Waals surface area contributed by atoms with E-state index in [-0.39, 0.29) is 5.91 Å². The molecule has 3 nitrogen and oxygen atoms in total. The molecule has 1 unspecified atom stereocenters. The van der Waals surface area contributed by atoms with Gasteiger partial charge in [-0.05, 0) is 42.7 Å². The average Bonchev–Trinajstić information content (AvgIpc) is 2.50. The number of hydrogen-bond donors (Lipinski definition) is 1. The van der Waals surface area contributed by atoms with Crippen LogP contribution in [0.5, 0.6) is 5.75 Å². The monoisotopic (exact) mass is 317 g/mol. The van der Waals surface area contributed by atoms with E-state index in [1.54, 1.807) is 0 Å². The third-order valence-corrected chi connectivity index (χ3v) is 3.64. The number of carbonyl (C=O) groups excluding carboxylic acids is 1. The van der Waals surface area contributed by atoms with E-state index in [2.05, 4.69) is 11.4 Å². The highest BCUT2D eigenvalue weighted by atomic mass is 35.5. The molecule has 2 aromatic rings. The van der Waals surface area contributed by atoms with Gasteiger partial charge >= 0.3 is 0 Å². The average molecular weight is 318 g/mol. The van der Waals surface area contributed by atoms with Gasteiger partial charge in [-0.15, -0.1) is 11.6 Å². The molecule has 0 heterocycles. The van der Waals surface area contributed by atoms with Crippen molar-refractivity contribution in [2.75, 3.05) is 13.2 Å². The Labute approximate surface area is 136 Å². The first-order valence-corrected chi connectivity index (χ1v) is 7.68. The van der Waals surface area contributed by atoms with Crippen molar-refractivity contribution in [1.29, 1.82) is 0 Å². The number of rotatable bonds is 6. The van der Waals surface area contributed by atoms with E-state index < -0.39 is 5.38 Å². The predicted octanol–water partition coefficient (Wildman–Crippen LogP) is 3.78. The highest BCUT2D eigenvalue weighted by molar-refractivity contribution is 6.30. The number of alkyl halides is 1. The second-order valence-corrected chi connectivity index (χ2v) is 5.67. The van der Waals surface area contributed by atoms with Crippen LogP contribution in [0.15, 0.2) is 48.5 Å². The summed E-state index contributed by atoms with van der Waals surface area (Å²) in [5.41, 5.74) is 3.10. The Morgan fingerprint density at radius 3 is 2.41 bits per heavy atom. The standard InChI is InChI=1S/C18H20ClNO2/c1-13-10-14(2)12-16(11-13)22-9-8-20-18(21)17(19)15-6-4-3-5-7-15/h3-7,10-12,17H,8-9H2,1-2H3,(H,20,21). The molecule has 0 aliphatic heterocycles. The molecule has 1 N–H and O–H groups in total. The van der Waals surface area contributed by atoms with Gasteiger partial charge in [0.2, 0.25) is 5.91 Å². The highest BCUT2D eigenvalue weighted by Crippen LogP contribution is 2.20. The Kier molecular flexibility index (Phi) is 5.84. The van der Waals surface area contributed by atoms with Gasteiger partial charge in [-0.25, -0.2) is 0 Å². The lowest BCUT2D eigenvalue weighted by atomic mass is 10.1. The molecule has 4 heteroatoms. The second kappa shape index (κ2) is 7.85. The third kappa shape index (κ3) is 4.78. The maximum atomic E-state index is 12.0. The SMILES string of the molecule is Cc1cc(C)cc(OCCNC(=O)C(Cl)c2ccccc2)c1. The molecular weight excluding hydrogens is 298 g/mol. The van der Waals surface area contributed by atoms with Crippen LogP contribution in [-0.4, -0.2) is 19.1 Å². The van der Waals surface area contributed by atoms with Gasteiger partial charge in [-0.2, -0.15) is 0 Å². The number of nitrogens with one attached hydrogen (secondary N) is 1. The zero-order valence-corrected chi connectivity index (χ0v) is 13.6. The minimum absolute atomic E-state index is 0.211. The van der Waals surface area contributed by atoms with Crippen molar-refractivity contribution in [2.45, 2.75) is 19.2 Å². The van der Waals surface area contributed by atoms with Gasteiger partial charge in [0.25, 0.3) is 0 Å². The first kappa shape index (κ1) is 16.4. The van der Waals surface area contributed by atoms with Crippen LogP contribution in [0.2, 0.25) is 0 Å². The van der Waals surface area contributed by atoms with Crippen molar-refractivity contribution in [3.63, 3.8) is 0 Å². The Balaban J connectivity index is 1.77. The fourth-order valence-electron chi connectivity index (χ4n) is 2.22. The summed E-state index contributed by atoms with van der Waals surface area (Å²) in [4.78, 5) is 12.0. The molecule has 22 heavy (non-hydrogen) atoms. The first-order valence-electron chi connectivity index (χ1n) is 7.24. The van der Waals surface area contributed by atoms with Gasteiger partial charge in [0.05, 0.1) is 6.54 Å². The summed E-state index contributed by atoms with van der Waals surface area (Å²) in [5, 5.41) is 2.11. The Morgan fingerprint density at radius 1 is 1.14 bits per heavy atom. The number of hydrogen-bond acceptors (Lipinski definition) is 2. The molecule has 0 saturated carbocycles. The molecule has 116 valence electrons. The maximum Gasteiger partial charge on any atom is 0.242 e. The van der Waals surface area contributed by atoms with Crippen molar-refractivity contribution >= 4 is 17.5 Å². The summed E-state index contributed by atoms with van der Waals surface area (Å²) in [7, 11) is 0. The molecule has 0 saturated heterocycles. The van der Waals surface area contributed by atoms with Crippen molar-refractivity contribution in [1.82, 2.24) is 5.32 Å². The van der Waals surface area contributed by atoms with Crippen molar-refractivity contribution < 1.29 is 9.53 Å². The van der Waals surface area contributed by atoms with Gasteiger partial charge in [0, 0.05) is 0 Å². The molecule has 0 bridgehead atoms. The number of ether oxygens (including phenoxy) is 1. The minimum Gasteiger partial charge on any atom is -0.492 e. The van der Waals surface area contributed by atoms with Crippen LogP contribution >= 0.6 is 11.6 Å². The zero-order chi connectivity index (χ0) is 15.9. The molecule has 2 rings (SSSR count). The summed E-state index contributed by atoms with van der Waals surface area (Å²) < 4.78 is 5.65. The van der Waals surface area contributed by atoms with Crippen LogP contribution in [0, 0.1) is 13.8 Å². The largest absolute Gasteiger partial charge is 0.492 e. The normalized spacial score (nSPS) is 11.8. The van der Waals surface area contributed by atoms with Gasteiger partial charge in [0.1, 0.15) is 17.7 Å². The quantitative estimate of drug-likeness (QED) is 0.650. The van der Waals surface area contributed by atoms with E-state index in [1.165, 1.54) is 0 Å². The smallest absolute Gasteiger partial charge is 0.242 e. The van der Waals surface area contributed by atoms with E-state index >= 15 is 0 Å². The fraction of sp³-hybridized carbons (Fsp3) is 0.278. The lowest BCUT2D eigenvalue weighted by molar-refractivity contribution is -0.120. The molecule has 0 radical (unpaired) electrons. The molecular formula is C18H20ClNO2. The molecule has 1 atom stereocenters. The first-order chi connectivity index (χ1) is 10.6. The van der Waals surface area contributed by atoms with Crippen molar-refractivity contribution in [3.8, 4) is 5.75 Å². The molecule has 0 fully saturated rings. The summed E-state index contributed by atoms with van der Waals surface area (Å²) in [6.07, 6.45) is 0. The molecule has 1 amide bonds. The topological polar surface area (TPSA) is 38.3 Å². The van der Waals surface area contributed by atoms with Gasteiger partial charge in [0.15, 0.2) is 0 Å². The highest BCUT2D eigenvalue weighted by Gasteiger charge is 2.16. The van der Waals surface area contributed by atoms with Crippen LogP contribution in [-0.2, 0) is 4.79 Å². The number of carbonyl (C=O) groups is 1. The predicted molar refractivity (Wildman–Crippen MR) is 89.5 cm³/mol. The van der Waals surface area contributed by atoms with Crippen molar-refractivity contribution in [2.24, 2.45) is 0 Å². The van der Waals surface area contributed by atoms with Crippen LogP contribution in [0.25, 0.3) is 0 Å². The van der Waals surface area contributed by atoms with E-state index in [1.807, 2.05) is 56.3 Å². The molecule has 2 aromatic carbocycles. The molecule has 0 aliphatic carbocycles. The van der Waals surface area contributed by atoms with Gasteiger partial charge < -0.3 is 10.1 Å². The van der Waals surface area contributed by atoms with E-state index in [0.717, 1.165) is 22.4 Å². The Hall–Kier alpha value is -2.00. The molecule has 0 aromatic heterocycles. The lowest BCUT2D eigenvalue weighted by Crippen LogP contribution is -2.30. The Morgan fingerprint density at radius 2 is 1.77 bits per heavy atom. The summed E-state index contributed by atoms with van der Waals surface area (Å²) in [6.45, 7) is 4.88. The minimum atomic E-state index is -0.678. The van der Waals surface area contributed by atoms with Crippen LogP contribution in [0.4, 0.5) is 0 Å². The van der Waals surface area contributed by atoms with Crippen molar-refractivity contribution in [3.05, 3.63) is 65.2 Å². The third-order valence-electron chi connectivity index (χ3n) is 3.19. The summed E-state index contributed by atoms with van der Waals surface area (Å²) in [6, 6.07) is 15.3. The lowest BCUT2D eigenvalue weighted by Gasteiger charge is -2.12. The Bertz CT molecular complexity index is 608. The fourth-order valence-corrected chi connectivity index (χ4v) is 2.44. The molecule has 0 aliphatic rings. The summed E-state index contributed by atoms with van der Waals surface area (Å²) >= 11 is 6.14. The zero-order valence-electron chi connectivity index (χ0n) is 12.8. The van der Waals surface area contributed by atoms with Crippen LogP contribution < -0.4 is 10.1 Å². The number of amides is 1. The number of halogens is 1. The number of benzene rings is 2. The van der Waals surface area contributed by atoms with Gasteiger partial charge in [-0.1, -0.05) is 36.4 Å². The summed E-state index contributed by atoms with van der Waals surface area (Å²) in [5.74, 6) is 0.606.